The van der Waals surface area contributed by atoms with Gasteiger partial charge in [-0.15, -0.1) is 11.3 Å². The highest BCUT2D eigenvalue weighted by Gasteiger charge is 2.25. The molecule has 0 N–H and O–H groups in total. The third kappa shape index (κ3) is 3.41. The Labute approximate surface area is 263 Å². The van der Waals surface area contributed by atoms with Gasteiger partial charge < -0.3 is 0 Å². The van der Waals surface area contributed by atoms with Crippen molar-refractivity contribution in [2.45, 2.75) is 0 Å². The van der Waals surface area contributed by atoms with E-state index in [1.54, 1.807) is 0 Å². The van der Waals surface area contributed by atoms with Gasteiger partial charge in [0.2, 0.25) is 5.95 Å². The first kappa shape index (κ1) is 24.9. The van der Waals surface area contributed by atoms with Gasteiger partial charge in [-0.2, -0.15) is 0 Å². The number of aromatic nitrogens is 3. The van der Waals surface area contributed by atoms with E-state index in [1.165, 1.54) is 58.0 Å². The third-order valence-electron chi connectivity index (χ3n) is 9.30. The quantitative estimate of drug-likeness (QED) is 0.188. The molecular weight excluding hydrogens is 565 g/mol. The number of rotatable bonds is 2. The van der Waals surface area contributed by atoms with Crippen molar-refractivity contribution in [2.24, 2.45) is 0 Å². The summed E-state index contributed by atoms with van der Waals surface area (Å²) in [6.07, 6.45) is 0. The number of hydrogen-bond donors (Lipinski definition) is 0. The van der Waals surface area contributed by atoms with Crippen molar-refractivity contribution < 1.29 is 0 Å². The van der Waals surface area contributed by atoms with Gasteiger partial charge in [-0.05, 0) is 33.7 Å². The number of thiophene rings is 1. The van der Waals surface area contributed by atoms with Crippen molar-refractivity contribution in [3.63, 3.8) is 0 Å². The molecule has 0 aliphatic rings. The molecule has 208 valence electrons. The first-order chi connectivity index (χ1) is 22.3. The van der Waals surface area contributed by atoms with Gasteiger partial charge in [0.25, 0.3) is 0 Å². The summed E-state index contributed by atoms with van der Waals surface area (Å²) in [5.41, 5.74) is 6.43. The fourth-order valence-corrected chi connectivity index (χ4v) is 8.60. The van der Waals surface area contributed by atoms with E-state index in [0.29, 0.717) is 5.95 Å². The van der Waals surface area contributed by atoms with Crippen LogP contribution in [0.15, 0.2) is 133 Å². The molecule has 0 radical (unpaired) electrons. The minimum Gasteiger partial charge on any atom is -0.276 e. The molecule has 5 heteroatoms. The van der Waals surface area contributed by atoms with Crippen LogP contribution in [0.25, 0.3) is 91.6 Å². The first-order valence-corrected chi connectivity index (χ1v) is 16.1. The Morgan fingerprint density at radius 3 is 2.07 bits per heavy atom. The Morgan fingerprint density at radius 2 is 1.22 bits per heavy atom. The van der Waals surface area contributed by atoms with Crippen LogP contribution in [0, 0.1) is 0 Å². The molecule has 3 aromatic heterocycles. The molecule has 0 aliphatic carbocycles. The first-order valence-electron chi connectivity index (χ1n) is 15.3. The van der Waals surface area contributed by atoms with Crippen molar-refractivity contribution in [2.75, 3.05) is 0 Å². The third-order valence-corrected chi connectivity index (χ3v) is 10.5. The van der Waals surface area contributed by atoms with E-state index in [4.69, 9.17) is 9.97 Å². The zero-order valence-electron chi connectivity index (χ0n) is 24.5. The lowest BCUT2D eigenvalue weighted by Crippen LogP contribution is -2.10. The van der Waals surface area contributed by atoms with E-state index in [2.05, 4.69) is 146 Å². The monoisotopic (exact) mass is 589 g/mol. The van der Waals surface area contributed by atoms with Crippen molar-refractivity contribution in [3.8, 4) is 17.2 Å². The molecule has 0 aliphatic heterocycles. The van der Waals surface area contributed by atoms with Gasteiger partial charge in [0.05, 0.1) is 26.9 Å². The lowest BCUT2D eigenvalue weighted by atomic mass is 9.92. The van der Waals surface area contributed by atoms with Crippen LogP contribution in [0.3, 0.4) is 0 Å². The SMILES string of the molecule is Bc1cccc2c(-c3ccccc3)nc(-n3c4ccc5ccccc5c4c4c5ccccc5c5c6ccccc6sc5c43)nc12. The van der Waals surface area contributed by atoms with Gasteiger partial charge in [0.15, 0.2) is 0 Å². The van der Waals surface area contributed by atoms with E-state index < -0.39 is 0 Å². The summed E-state index contributed by atoms with van der Waals surface area (Å²) >= 11 is 1.87. The number of fused-ring (bicyclic) bond motifs is 13. The fraction of sp³-hybridized carbons (Fsp3) is 0. The molecule has 0 saturated carbocycles. The second kappa shape index (κ2) is 9.24. The zero-order chi connectivity index (χ0) is 29.6. The topological polar surface area (TPSA) is 30.7 Å². The van der Waals surface area contributed by atoms with Crippen LogP contribution in [0.2, 0.25) is 0 Å². The van der Waals surface area contributed by atoms with Crippen molar-refractivity contribution in [3.05, 3.63) is 133 Å². The van der Waals surface area contributed by atoms with Gasteiger partial charge >= 0.3 is 0 Å². The lowest BCUT2D eigenvalue weighted by Gasteiger charge is -2.13. The number of benzene rings is 7. The van der Waals surface area contributed by atoms with Gasteiger partial charge in [-0.1, -0.05) is 127 Å². The molecule has 3 nitrogen and oxygen atoms in total. The normalized spacial score (nSPS) is 12.1. The van der Waals surface area contributed by atoms with Crippen molar-refractivity contribution in [1.29, 1.82) is 0 Å². The molecule has 10 rings (SSSR count). The minimum atomic E-state index is 0.694. The standard InChI is InChI=1S/C40H24BN3S/c41-30-19-10-18-29-36(24-12-2-1-3-13-24)42-40(43-37(29)30)44-31-22-21-23-11-4-5-14-25(23)34(31)35-27-16-7-6-15-26(27)33-28-17-8-9-20-32(28)45-39(33)38(35)44/h1-22H,41H2. The second-order valence-electron chi connectivity index (χ2n) is 11.8. The highest BCUT2D eigenvalue weighted by Crippen LogP contribution is 2.49. The van der Waals surface area contributed by atoms with E-state index >= 15 is 0 Å². The molecule has 10 aromatic rings. The Morgan fingerprint density at radius 1 is 0.533 bits per heavy atom. The summed E-state index contributed by atoms with van der Waals surface area (Å²) < 4.78 is 4.89. The van der Waals surface area contributed by atoms with Crippen molar-refractivity contribution >= 4 is 99.1 Å². The Kier molecular flexibility index (Phi) is 5.11. The van der Waals surface area contributed by atoms with E-state index in [9.17, 15) is 0 Å². The largest absolute Gasteiger partial charge is 0.276 e. The van der Waals surface area contributed by atoms with Crippen LogP contribution in [-0.2, 0) is 0 Å². The van der Waals surface area contributed by atoms with E-state index in [0.717, 1.165) is 33.1 Å². The molecule has 0 atom stereocenters. The van der Waals surface area contributed by atoms with Crippen LogP contribution >= 0.6 is 11.3 Å². The molecule has 0 saturated heterocycles. The Balaban J connectivity index is 1.50. The smallest absolute Gasteiger partial charge is 0.235 e. The summed E-state index contributed by atoms with van der Waals surface area (Å²) in [5.74, 6) is 0.694. The summed E-state index contributed by atoms with van der Waals surface area (Å²) in [6.45, 7) is 0. The van der Waals surface area contributed by atoms with Crippen LogP contribution in [0.1, 0.15) is 0 Å². The van der Waals surface area contributed by atoms with Gasteiger partial charge in [-0.3, -0.25) is 4.57 Å². The molecule has 0 bridgehead atoms. The predicted octanol–water partition coefficient (Wildman–Crippen LogP) is 9.33. The highest BCUT2D eigenvalue weighted by molar-refractivity contribution is 7.27. The van der Waals surface area contributed by atoms with Gasteiger partial charge in [0.1, 0.15) is 7.85 Å². The maximum Gasteiger partial charge on any atom is 0.235 e. The predicted molar refractivity (Wildman–Crippen MR) is 195 cm³/mol. The maximum atomic E-state index is 5.43. The second-order valence-corrected chi connectivity index (χ2v) is 12.8. The van der Waals surface area contributed by atoms with Crippen LogP contribution in [-0.4, -0.2) is 22.4 Å². The minimum absolute atomic E-state index is 0.694. The Hall–Kier alpha value is -5.52. The summed E-state index contributed by atoms with van der Waals surface area (Å²) in [4.78, 5) is 10.8. The molecule has 3 heterocycles. The van der Waals surface area contributed by atoms with Crippen LogP contribution in [0.4, 0.5) is 0 Å². The maximum absolute atomic E-state index is 5.43. The van der Waals surface area contributed by atoms with Gasteiger partial charge in [0, 0.05) is 37.2 Å². The molecular formula is C40H24BN3S. The summed E-state index contributed by atoms with van der Waals surface area (Å²) in [7, 11) is 2.14. The number of hydrogen-bond acceptors (Lipinski definition) is 3. The van der Waals surface area contributed by atoms with Crippen LogP contribution in [0.5, 0.6) is 0 Å². The molecule has 0 fully saturated rings. The lowest BCUT2D eigenvalue weighted by molar-refractivity contribution is 1.02. The fourth-order valence-electron chi connectivity index (χ4n) is 7.34. The zero-order valence-corrected chi connectivity index (χ0v) is 25.3. The Bertz CT molecular complexity index is 2830. The molecule has 0 unspecified atom stereocenters. The van der Waals surface area contributed by atoms with Crippen molar-refractivity contribution in [1.82, 2.24) is 14.5 Å². The summed E-state index contributed by atoms with van der Waals surface area (Å²) in [5, 5.41) is 11.2. The average Bonchev–Trinajstić information content (AvgIpc) is 3.66. The van der Waals surface area contributed by atoms with E-state index in [-0.39, 0.29) is 0 Å². The highest BCUT2D eigenvalue weighted by atomic mass is 32.1. The van der Waals surface area contributed by atoms with Gasteiger partial charge in [-0.25, -0.2) is 9.97 Å². The van der Waals surface area contributed by atoms with Crippen LogP contribution < -0.4 is 5.46 Å². The molecule has 7 aromatic carbocycles. The summed E-state index contributed by atoms with van der Waals surface area (Å²) in [6, 6.07) is 47.8. The molecule has 0 spiro atoms. The average molecular weight is 590 g/mol. The molecule has 45 heavy (non-hydrogen) atoms. The number of nitrogens with zero attached hydrogens (tertiary/aromatic N) is 3. The van der Waals surface area contributed by atoms with E-state index in [1.807, 2.05) is 11.3 Å². The molecule has 0 amide bonds. The number of para-hydroxylation sites is 1.